The molecule has 0 aromatic carbocycles. The second-order valence-electron chi connectivity index (χ2n) is 9.41. The van der Waals surface area contributed by atoms with Gasteiger partial charge in [-0.25, -0.2) is 18.7 Å². The third-order valence-corrected chi connectivity index (χ3v) is 6.75. The number of halogens is 2. The van der Waals surface area contributed by atoms with Crippen LogP contribution in [0.4, 0.5) is 14.6 Å². The van der Waals surface area contributed by atoms with Crippen molar-refractivity contribution in [1.82, 2.24) is 25.3 Å². The number of alkyl halides is 1. The van der Waals surface area contributed by atoms with Gasteiger partial charge in [-0.1, -0.05) is 19.1 Å². The van der Waals surface area contributed by atoms with E-state index in [4.69, 9.17) is 9.72 Å². The molecule has 0 radical (unpaired) electrons. The molecule has 1 atom stereocenters. The minimum Gasteiger partial charge on any atom is -0.372 e. The highest BCUT2D eigenvalue weighted by Crippen LogP contribution is 2.28. The molecule has 5 rings (SSSR count). The van der Waals surface area contributed by atoms with Crippen LogP contribution in [0.5, 0.6) is 0 Å². The third kappa shape index (κ3) is 5.70. The highest BCUT2D eigenvalue weighted by Gasteiger charge is 2.24. The summed E-state index contributed by atoms with van der Waals surface area (Å²) in [4.78, 5) is 32.4. The Bertz CT molecular complexity index is 1540. The lowest BCUT2D eigenvalue weighted by molar-refractivity contribution is 0.0484. The van der Waals surface area contributed by atoms with Crippen molar-refractivity contribution in [2.24, 2.45) is 0 Å². The molecule has 0 spiro atoms. The maximum absolute atomic E-state index is 15.3. The van der Waals surface area contributed by atoms with E-state index in [9.17, 15) is 9.18 Å². The zero-order valence-corrected chi connectivity index (χ0v) is 22.0. The van der Waals surface area contributed by atoms with Crippen molar-refractivity contribution in [3.63, 3.8) is 0 Å². The molecule has 0 saturated carbocycles. The van der Waals surface area contributed by atoms with Gasteiger partial charge in [0.25, 0.3) is 5.91 Å². The molecule has 3 aromatic heterocycles. The van der Waals surface area contributed by atoms with E-state index >= 15 is 4.39 Å². The number of carbonyl (C=O) groups is 1. The Hall–Kier alpha value is -4.05. The number of allylic oxidation sites excluding steroid dienone is 1. The van der Waals surface area contributed by atoms with Gasteiger partial charge in [-0.15, -0.1) is 0 Å². The van der Waals surface area contributed by atoms with E-state index in [2.05, 4.69) is 20.3 Å². The summed E-state index contributed by atoms with van der Waals surface area (Å²) in [6, 6.07) is 3.14. The van der Waals surface area contributed by atoms with Gasteiger partial charge in [-0.05, 0) is 43.5 Å². The Kier molecular flexibility index (Phi) is 8.02. The lowest BCUT2D eigenvalue weighted by atomic mass is 10.0. The molecule has 1 fully saturated rings. The predicted molar refractivity (Wildman–Crippen MR) is 144 cm³/mol. The number of nitrogens with zero attached hydrogens (tertiary/aromatic N) is 5. The fraction of sp³-hybridized carbons (Fsp3) is 0.345. The van der Waals surface area contributed by atoms with Crippen molar-refractivity contribution in [2.75, 3.05) is 31.1 Å². The molecule has 1 amide bonds. The fourth-order valence-corrected chi connectivity index (χ4v) is 4.53. The van der Waals surface area contributed by atoms with Crippen LogP contribution in [0.25, 0.3) is 23.4 Å². The van der Waals surface area contributed by atoms with Crippen LogP contribution in [-0.4, -0.2) is 52.1 Å². The first-order valence-corrected chi connectivity index (χ1v) is 13.1. The normalized spacial score (nSPS) is 18.1. The van der Waals surface area contributed by atoms with Crippen molar-refractivity contribution < 1.29 is 18.3 Å². The second-order valence-corrected chi connectivity index (χ2v) is 9.41. The first-order valence-electron chi connectivity index (χ1n) is 13.1. The summed E-state index contributed by atoms with van der Waals surface area (Å²) >= 11 is 0. The van der Waals surface area contributed by atoms with Gasteiger partial charge in [0.15, 0.2) is 17.8 Å². The van der Waals surface area contributed by atoms with Gasteiger partial charge in [-0.2, -0.15) is 0 Å². The lowest BCUT2D eigenvalue weighted by Gasteiger charge is -2.32. The van der Waals surface area contributed by atoms with E-state index < -0.39 is 12.0 Å². The topological polar surface area (TPSA) is 93.1 Å². The number of pyridine rings is 2. The number of hydrogen-bond donors (Lipinski definition) is 1. The molecule has 8 nitrogen and oxygen atoms in total. The summed E-state index contributed by atoms with van der Waals surface area (Å²) < 4.78 is 34.8. The largest absolute Gasteiger partial charge is 0.372 e. The Labute approximate surface area is 225 Å². The number of nitrogens with one attached hydrogen (secondary N) is 1. The van der Waals surface area contributed by atoms with Crippen molar-refractivity contribution in [3.05, 3.63) is 75.7 Å². The average Bonchev–Trinajstić information content (AvgIpc) is 2.92. The number of hydrogen-bond acceptors (Lipinski definition) is 7. The van der Waals surface area contributed by atoms with E-state index in [0.29, 0.717) is 39.0 Å². The first-order chi connectivity index (χ1) is 19.0. The van der Waals surface area contributed by atoms with E-state index in [0.717, 1.165) is 31.5 Å². The highest BCUT2D eigenvalue weighted by molar-refractivity contribution is 5.94. The van der Waals surface area contributed by atoms with Crippen LogP contribution in [0.3, 0.4) is 0 Å². The molecule has 10 heteroatoms. The Morgan fingerprint density at radius 3 is 2.82 bits per heavy atom. The van der Waals surface area contributed by atoms with E-state index in [1.165, 1.54) is 12.3 Å². The fourth-order valence-electron chi connectivity index (χ4n) is 4.53. The molecule has 0 bridgehead atoms. The van der Waals surface area contributed by atoms with Gasteiger partial charge in [0.05, 0.1) is 47.1 Å². The summed E-state index contributed by atoms with van der Waals surface area (Å²) in [5.41, 5.74) is 2.72. The molecule has 5 heterocycles. The number of amides is 1. The van der Waals surface area contributed by atoms with Crippen molar-refractivity contribution in [3.8, 4) is 11.3 Å². The molecule has 1 N–H and O–H groups in total. The number of carbonyl (C=O) groups excluding carboxylic acids is 1. The average molecular weight is 533 g/mol. The SMILES string of the molecule is C/C=c1/ncc(-c2ccnc(N3CCC3)c2F)n/c1=C/C(=C/CC)CNC(=O)c1cnc2c(c1)C(F)COC2. The van der Waals surface area contributed by atoms with Crippen LogP contribution < -0.4 is 20.9 Å². The second kappa shape index (κ2) is 11.8. The molecule has 1 saturated heterocycles. The molecule has 0 aliphatic carbocycles. The monoisotopic (exact) mass is 532 g/mol. The molecule has 202 valence electrons. The molecule has 1 unspecified atom stereocenters. The Morgan fingerprint density at radius 2 is 2.08 bits per heavy atom. The van der Waals surface area contributed by atoms with Gasteiger partial charge in [-0.3, -0.25) is 14.8 Å². The Balaban J connectivity index is 1.41. The number of ether oxygens (including phenoxy) is 1. The molecule has 3 aromatic rings. The molecule has 2 aliphatic heterocycles. The van der Waals surface area contributed by atoms with Crippen molar-refractivity contribution >= 4 is 23.9 Å². The van der Waals surface area contributed by atoms with Crippen LogP contribution in [0.2, 0.25) is 0 Å². The summed E-state index contributed by atoms with van der Waals surface area (Å²) in [7, 11) is 0. The van der Waals surface area contributed by atoms with Crippen LogP contribution in [-0.2, 0) is 11.3 Å². The van der Waals surface area contributed by atoms with Crippen molar-refractivity contribution in [1.29, 1.82) is 0 Å². The van der Waals surface area contributed by atoms with E-state index in [1.54, 1.807) is 18.5 Å². The number of fused-ring (bicyclic) bond motifs is 1. The molecule has 2 aliphatic rings. The van der Waals surface area contributed by atoms with Gasteiger partial charge in [0.2, 0.25) is 0 Å². The summed E-state index contributed by atoms with van der Waals surface area (Å²) in [5, 5.41) is 4.08. The van der Waals surface area contributed by atoms with Gasteiger partial charge in [0.1, 0.15) is 0 Å². The summed E-state index contributed by atoms with van der Waals surface area (Å²) in [6.45, 7) is 5.81. The van der Waals surface area contributed by atoms with Crippen LogP contribution in [0, 0.1) is 5.82 Å². The minimum absolute atomic E-state index is 0.0437. The lowest BCUT2D eigenvalue weighted by Crippen LogP contribution is -2.38. The van der Waals surface area contributed by atoms with Gasteiger partial charge >= 0.3 is 0 Å². The van der Waals surface area contributed by atoms with Crippen LogP contribution in [0.1, 0.15) is 54.5 Å². The zero-order valence-electron chi connectivity index (χ0n) is 22.0. The smallest absolute Gasteiger partial charge is 0.253 e. The van der Waals surface area contributed by atoms with E-state index in [-0.39, 0.29) is 31.2 Å². The minimum atomic E-state index is -1.31. The molecule has 39 heavy (non-hydrogen) atoms. The van der Waals surface area contributed by atoms with Crippen LogP contribution >= 0.6 is 0 Å². The van der Waals surface area contributed by atoms with Crippen molar-refractivity contribution in [2.45, 2.75) is 39.5 Å². The predicted octanol–water partition coefficient (Wildman–Crippen LogP) is 3.17. The zero-order chi connectivity index (χ0) is 27.4. The van der Waals surface area contributed by atoms with Gasteiger partial charge < -0.3 is 15.0 Å². The standard InChI is InChI=1S/C29H30F2N6O2/c1-3-6-18(13-35-29(38)19-12-21-22(30)16-39-17-26(21)33-14-19)11-24-23(4-2)34-15-25(36-24)20-7-8-32-28(27(20)31)37-9-5-10-37/h4,6-8,11-12,14-15,22H,3,5,9-10,13,16-17H2,1-2H3,(H,35,38)/b18-6-,23-4+,24-11+. The summed E-state index contributed by atoms with van der Waals surface area (Å²) in [5.74, 6) is -0.448. The van der Waals surface area contributed by atoms with Crippen LogP contribution in [0.15, 0.2) is 42.4 Å². The quantitative estimate of drug-likeness (QED) is 0.500. The number of anilines is 1. The molecular weight excluding hydrogens is 502 g/mol. The maximum Gasteiger partial charge on any atom is 0.253 e. The van der Waals surface area contributed by atoms with Gasteiger partial charge in [0, 0.05) is 43.2 Å². The third-order valence-electron chi connectivity index (χ3n) is 6.75. The number of rotatable bonds is 7. The number of aromatic nitrogens is 4. The Morgan fingerprint density at radius 1 is 1.23 bits per heavy atom. The first kappa shape index (κ1) is 26.6. The highest BCUT2D eigenvalue weighted by atomic mass is 19.1. The molecular formula is C29H30F2N6O2. The maximum atomic E-state index is 15.3. The van der Waals surface area contributed by atoms with E-state index in [1.807, 2.05) is 37.0 Å². The summed E-state index contributed by atoms with van der Waals surface area (Å²) in [6.07, 6.45) is 10.7.